The highest BCUT2D eigenvalue weighted by atomic mass is 16.3. The SMILES string of the molecule is CC1(C(=O)N2CCC(n3cc(Cc4ccc5c6c(cccc46)C(O)N5C4CCC(=O)NC4=O)c4cccnc43)CC2)CCC1. The third-order valence-electron chi connectivity index (χ3n) is 10.7. The van der Waals surface area contributed by atoms with E-state index in [9.17, 15) is 19.5 Å². The summed E-state index contributed by atoms with van der Waals surface area (Å²) in [7, 11) is 0. The van der Waals surface area contributed by atoms with Crippen molar-refractivity contribution in [1.29, 1.82) is 0 Å². The number of carbonyl (C=O) groups is 3. The number of imide groups is 1. The van der Waals surface area contributed by atoms with Gasteiger partial charge in [-0.3, -0.25) is 19.7 Å². The van der Waals surface area contributed by atoms with Crippen LogP contribution < -0.4 is 10.2 Å². The Morgan fingerprint density at radius 1 is 1.02 bits per heavy atom. The van der Waals surface area contributed by atoms with Crippen molar-refractivity contribution in [1.82, 2.24) is 19.8 Å². The van der Waals surface area contributed by atoms with Crippen LogP contribution in [0.15, 0.2) is 54.9 Å². The maximum atomic E-state index is 13.1. The number of aromatic nitrogens is 2. The molecule has 226 valence electrons. The highest BCUT2D eigenvalue weighted by molar-refractivity contribution is 6.07. The molecule has 0 radical (unpaired) electrons. The molecule has 2 aromatic heterocycles. The topological polar surface area (TPSA) is 108 Å². The van der Waals surface area contributed by atoms with Crippen molar-refractivity contribution in [2.24, 2.45) is 5.41 Å². The summed E-state index contributed by atoms with van der Waals surface area (Å²) in [6.45, 7) is 3.68. The van der Waals surface area contributed by atoms with E-state index >= 15 is 0 Å². The Balaban J connectivity index is 1.10. The summed E-state index contributed by atoms with van der Waals surface area (Å²) in [4.78, 5) is 46.3. The van der Waals surface area contributed by atoms with E-state index in [0.717, 1.165) is 83.8 Å². The molecular formula is C35H37N5O4. The number of nitrogens with one attached hydrogen (secondary N) is 1. The number of piperidine rings is 2. The van der Waals surface area contributed by atoms with Crippen molar-refractivity contribution in [3.8, 4) is 0 Å². The third-order valence-corrected chi connectivity index (χ3v) is 10.7. The maximum absolute atomic E-state index is 13.1. The van der Waals surface area contributed by atoms with E-state index in [1.54, 1.807) is 4.90 Å². The second-order valence-corrected chi connectivity index (χ2v) is 13.3. The van der Waals surface area contributed by atoms with E-state index in [2.05, 4.69) is 46.1 Å². The number of fused-ring (bicyclic) bond motifs is 1. The molecule has 0 spiro atoms. The van der Waals surface area contributed by atoms with Crippen molar-refractivity contribution in [3.63, 3.8) is 0 Å². The van der Waals surface area contributed by atoms with Gasteiger partial charge in [-0.05, 0) is 66.8 Å². The Kier molecular flexibility index (Phi) is 6.31. The number of nitrogens with zero attached hydrogens (tertiary/aromatic N) is 4. The van der Waals surface area contributed by atoms with Crippen LogP contribution in [0.4, 0.5) is 5.69 Å². The van der Waals surface area contributed by atoms with Gasteiger partial charge in [-0.25, -0.2) is 4.98 Å². The molecule has 1 saturated carbocycles. The minimum atomic E-state index is -0.955. The molecule has 2 saturated heterocycles. The molecule has 2 N–H and O–H groups in total. The number of hydrogen-bond acceptors (Lipinski definition) is 6. The first kappa shape index (κ1) is 27.3. The van der Waals surface area contributed by atoms with Crippen LogP contribution in [-0.2, 0) is 20.8 Å². The molecule has 0 bridgehead atoms. The largest absolute Gasteiger partial charge is 0.369 e. The number of likely N-dealkylation sites (tertiary alicyclic amines) is 1. The molecule has 5 heterocycles. The average Bonchev–Trinajstić information content (AvgIpc) is 3.53. The zero-order chi connectivity index (χ0) is 30.2. The number of amides is 3. The molecule has 8 rings (SSSR count). The number of aliphatic hydroxyl groups excluding tert-OH is 1. The van der Waals surface area contributed by atoms with Crippen LogP contribution in [0.2, 0.25) is 0 Å². The van der Waals surface area contributed by atoms with Gasteiger partial charge in [0.1, 0.15) is 11.7 Å². The molecule has 44 heavy (non-hydrogen) atoms. The number of rotatable bonds is 5. The number of hydrogen-bond donors (Lipinski definition) is 2. The first-order valence-corrected chi connectivity index (χ1v) is 15.9. The Morgan fingerprint density at radius 2 is 1.82 bits per heavy atom. The summed E-state index contributed by atoms with van der Waals surface area (Å²) in [5.41, 5.74) is 4.75. The molecule has 2 unspecified atom stereocenters. The van der Waals surface area contributed by atoms with Gasteiger partial charge in [-0.15, -0.1) is 0 Å². The molecule has 2 atom stereocenters. The summed E-state index contributed by atoms with van der Waals surface area (Å²) in [6, 6.07) is 13.9. The lowest BCUT2D eigenvalue weighted by Crippen LogP contribution is -2.52. The van der Waals surface area contributed by atoms with Crippen molar-refractivity contribution < 1.29 is 19.5 Å². The fourth-order valence-corrected chi connectivity index (χ4v) is 8.05. The fraction of sp³-hybridized carbons (Fsp3) is 0.429. The van der Waals surface area contributed by atoms with E-state index in [1.807, 2.05) is 30.5 Å². The zero-order valence-electron chi connectivity index (χ0n) is 25.0. The standard InChI is InChI=1S/C35H37N5O4/c1-35(14-4-15-35)34(44)38-17-12-23(13-18-38)39-20-22(25-7-3-16-36-31(25)39)19-21-8-9-27-30-24(21)5-2-6-26(30)33(43)40(27)28-10-11-29(41)37-32(28)42/h2-3,5-9,16,20,23,28,33,43H,4,10-15,17-19H2,1H3,(H,37,41,42). The monoisotopic (exact) mass is 591 g/mol. The molecular weight excluding hydrogens is 554 g/mol. The van der Waals surface area contributed by atoms with Gasteiger partial charge in [0.2, 0.25) is 17.7 Å². The van der Waals surface area contributed by atoms with Crippen molar-refractivity contribution >= 4 is 45.2 Å². The smallest absolute Gasteiger partial charge is 0.249 e. The molecule has 9 heteroatoms. The lowest BCUT2D eigenvalue weighted by atomic mass is 9.69. The zero-order valence-corrected chi connectivity index (χ0v) is 25.0. The predicted octanol–water partition coefficient (Wildman–Crippen LogP) is 4.75. The highest BCUT2D eigenvalue weighted by Gasteiger charge is 2.43. The van der Waals surface area contributed by atoms with E-state index in [1.165, 1.54) is 5.56 Å². The van der Waals surface area contributed by atoms with Gasteiger partial charge in [-0.1, -0.05) is 37.6 Å². The van der Waals surface area contributed by atoms with E-state index < -0.39 is 12.3 Å². The van der Waals surface area contributed by atoms with Gasteiger partial charge in [0.05, 0.1) is 0 Å². The van der Waals surface area contributed by atoms with Gasteiger partial charge in [0.25, 0.3) is 0 Å². The van der Waals surface area contributed by atoms with Crippen molar-refractivity contribution in [2.75, 3.05) is 18.0 Å². The second-order valence-electron chi connectivity index (χ2n) is 13.3. The molecule has 3 aliphatic heterocycles. The lowest BCUT2D eigenvalue weighted by Gasteiger charge is -2.43. The van der Waals surface area contributed by atoms with Crippen LogP contribution in [0.1, 0.15) is 80.8 Å². The number of pyridine rings is 1. The fourth-order valence-electron chi connectivity index (χ4n) is 8.05. The Morgan fingerprint density at radius 3 is 2.57 bits per heavy atom. The Bertz CT molecular complexity index is 1830. The van der Waals surface area contributed by atoms with Crippen LogP contribution in [0, 0.1) is 5.41 Å². The summed E-state index contributed by atoms with van der Waals surface area (Å²) >= 11 is 0. The van der Waals surface area contributed by atoms with Crippen molar-refractivity contribution in [3.05, 3.63) is 71.5 Å². The first-order valence-electron chi connectivity index (χ1n) is 15.9. The molecule has 3 amide bonds. The Labute approximate surface area is 255 Å². The number of carbonyl (C=O) groups excluding carboxylic acids is 3. The predicted molar refractivity (Wildman–Crippen MR) is 167 cm³/mol. The number of aliphatic hydroxyl groups is 1. The number of anilines is 1. The van der Waals surface area contributed by atoms with Gasteiger partial charge >= 0.3 is 0 Å². The normalized spacial score (nSPS) is 23.3. The minimum absolute atomic E-state index is 0.156. The maximum Gasteiger partial charge on any atom is 0.249 e. The molecule has 4 aromatic rings. The molecule has 3 fully saturated rings. The highest BCUT2D eigenvalue weighted by Crippen LogP contribution is 2.47. The third kappa shape index (κ3) is 4.16. The van der Waals surface area contributed by atoms with Crippen LogP contribution in [0.25, 0.3) is 21.8 Å². The average molecular weight is 592 g/mol. The van der Waals surface area contributed by atoms with E-state index in [0.29, 0.717) is 18.7 Å². The summed E-state index contributed by atoms with van der Waals surface area (Å²) in [5.74, 6) is -0.307. The van der Waals surface area contributed by atoms with Crippen molar-refractivity contribution in [2.45, 2.75) is 76.6 Å². The van der Waals surface area contributed by atoms with Gasteiger partial charge in [-0.2, -0.15) is 0 Å². The molecule has 9 nitrogen and oxygen atoms in total. The van der Waals surface area contributed by atoms with Crippen LogP contribution >= 0.6 is 0 Å². The molecule has 1 aliphatic carbocycles. The van der Waals surface area contributed by atoms with E-state index in [4.69, 9.17) is 4.98 Å². The number of benzene rings is 2. The summed E-state index contributed by atoms with van der Waals surface area (Å²) in [6.07, 6.45) is 9.46. The molecule has 2 aromatic carbocycles. The Hall–Kier alpha value is -4.24. The lowest BCUT2D eigenvalue weighted by molar-refractivity contribution is -0.147. The van der Waals surface area contributed by atoms with Crippen LogP contribution in [0.3, 0.4) is 0 Å². The van der Waals surface area contributed by atoms with E-state index in [-0.39, 0.29) is 29.7 Å². The molecule has 4 aliphatic rings. The van der Waals surface area contributed by atoms with Gasteiger partial charge < -0.3 is 19.5 Å². The van der Waals surface area contributed by atoms with Gasteiger partial charge in [0, 0.05) is 71.8 Å². The summed E-state index contributed by atoms with van der Waals surface area (Å²) < 4.78 is 2.33. The second kappa shape index (κ2) is 10.2. The van der Waals surface area contributed by atoms with Crippen LogP contribution in [0.5, 0.6) is 0 Å². The minimum Gasteiger partial charge on any atom is -0.369 e. The quantitative estimate of drug-likeness (QED) is 0.325. The van der Waals surface area contributed by atoms with Gasteiger partial charge in [0.15, 0.2) is 6.23 Å². The first-order chi connectivity index (χ1) is 21.3. The summed E-state index contributed by atoms with van der Waals surface area (Å²) in [5, 5.41) is 16.9. The van der Waals surface area contributed by atoms with Crippen LogP contribution in [-0.4, -0.2) is 56.4 Å².